The number of nitrogens with zero attached hydrogens (tertiary/aromatic N) is 2. The predicted molar refractivity (Wildman–Crippen MR) is 52.3 cm³/mol. The SMILES string of the molecule is C/N=c1\sc2ccccc2n1C. The zero-order valence-electron chi connectivity index (χ0n) is 7.11. The standard InChI is InChI=1S/C9H10N2S/c1-10-9-11(2)7-5-3-4-6-8(7)12-9/h3-6H,1-2H3/b10-9-. The molecule has 0 fully saturated rings. The fourth-order valence-electron chi connectivity index (χ4n) is 1.29. The van der Waals surface area contributed by atoms with E-state index in [0.717, 1.165) is 4.80 Å². The number of hydrogen-bond acceptors (Lipinski definition) is 2. The molecule has 1 aromatic heterocycles. The normalized spacial score (nSPS) is 12.7. The van der Waals surface area contributed by atoms with Gasteiger partial charge in [0.15, 0.2) is 4.80 Å². The highest BCUT2D eigenvalue weighted by molar-refractivity contribution is 7.16. The summed E-state index contributed by atoms with van der Waals surface area (Å²) in [7, 11) is 3.87. The van der Waals surface area contributed by atoms with Crippen LogP contribution in [0.15, 0.2) is 29.3 Å². The molecule has 3 heteroatoms. The van der Waals surface area contributed by atoms with Crippen LogP contribution >= 0.6 is 11.3 Å². The van der Waals surface area contributed by atoms with Crippen molar-refractivity contribution >= 4 is 21.6 Å². The summed E-state index contributed by atoms with van der Waals surface area (Å²) in [5.41, 5.74) is 1.25. The molecule has 0 aliphatic heterocycles. The molecule has 0 unspecified atom stereocenters. The first-order valence-corrected chi connectivity index (χ1v) is 4.62. The summed E-state index contributed by atoms with van der Waals surface area (Å²) in [6.07, 6.45) is 0. The van der Waals surface area contributed by atoms with Crippen LogP contribution in [0.1, 0.15) is 0 Å². The topological polar surface area (TPSA) is 17.3 Å². The van der Waals surface area contributed by atoms with Gasteiger partial charge in [-0.1, -0.05) is 23.5 Å². The van der Waals surface area contributed by atoms with Gasteiger partial charge in [0.2, 0.25) is 0 Å². The van der Waals surface area contributed by atoms with Crippen LogP contribution in [-0.4, -0.2) is 11.6 Å². The monoisotopic (exact) mass is 178 g/mol. The third kappa shape index (κ3) is 0.975. The van der Waals surface area contributed by atoms with Crippen molar-refractivity contribution in [1.29, 1.82) is 0 Å². The van der Waals surface area contributed by atoms with E-state index in [-0.39, 0.29) is 0 Å². The van der Waals surface area contributed by atoms with Crippen molar-refractivity contribution in [3.8, 4) is 0 Å². The van der Waals surface area contributed by atoms with Gasteiger partial charge in [-0.2, -0.15) is 0 Å². The first-order chi connectivity index (χ1) is 5.83. The van der Waals surface area contributed by atoms with E-state index in [4.69, 9.17) is 0 Å². The Bertz CT molecular complexity index is 465. The molecule has 0 saturated carbocycles. The second-order valence-corrected chi connectivity index (χ2v) is 3.64. The summed E-state index contributed by atoms with van der Waals surface area (Å²) < 4.78 is 3.40. The maximum atomic E-state index is 4.19. The third-order valence-electron chi connectivity index (χ3n) is 1.91. The number of thiazole rings is 1. The number of aryl methyl sites for hydroxylation is 1. The molecular weight excluding hydrogens is 168 g/mol. The van der Waals surface area contributed by atoms with Crippen LogP contribution in [0.25, 0.3) is 10.2 Å². The summed E-state index contributed by atoms with van der Waals surface area (Å²) in [6, 6.07) is 8.34. The highest BCUT2D eigenvalue weighted by atomic mass is 32.1. The highest BCUT2D eigenvalue weighted by Crippen LogP contribution is 2.14. The number of fused-ring (bicyclic) bond motifs is 1. The van der Waals surface area contributed by atoms with Crippen LogP contribution in [0.3, 0.4) is 0 Å². The smallest absolute Gasteiger partial charge is 0.185 e. The Kier molecular flexibility index (Phi) is 1.73. The van der Waals surface area contributed by atoms with Gasteiger partial charge in [-0.15, -0.1) is 0 Å². The van der Waals surface area contributed by atoms with Crippen molar-refractivity contribution in [3.63, 3.8) is 0 Å². The Morgan fingerprint density at radius 2 is 2.08 bits per heavy atom. The van der Waals surface area contributed by atoms with E-state index in [1.807, 2.05) is 14.1 Å². The Hall–Kier alpha value is -1.09. The molecule has 2 aromatic rings. The van der Waals surface area contributed by atoms with Crippen molar-refractivity contribution in [3.05, 3.63) is 29.1 Å². The van der Waals surface area contributed by atoms with Crippen molar-refractivity contribution in [2.24, 2.45) is 12.0 Å². The number of rotatable bonds is 0. The number of para-hydroxylation sites is 1. The maximum Gasteiger partial charge on any atom is 0.185 e. The van der Waals surface area contributed by atoms with Crippen LogP contribution in [0.2, 0.25) is 0 Å². The summed E-state index contributed by atoms with van der Waals surface area (Å²) in [6.45, 7) is 0. The summed E-state index contributed by atoms with van der Waals surface area (Å²) in [5.74, 6) is 0. The van der Waals surface area contributed by atoms with Crippen LogP contribution < -0.4 is 4.80 Å². The summed E-state index contributed by atoms with van der Waals surface area (Å²) in [4.78, 5) is 5.25. The summed E-state index contributed by atoms with van der Waals surface area (Å²) in [5, 5.41) is 0. The largest absolute Gasteiger partial charge is 0.320 e. The van der Waals surface area contributed by atoms with E-state index in [1.165, 1.54) is 10.2 Å². The van der Waals surface area contributed by atoms with Crippen LogP contribution in [0.5, 0.6) is 0 Å². The van der Waals surface area contributed by atoms with Gasteiger partial charge >= 0.3 is 0 Å². The molecule has 0 saturated heterocycles. The average Bonchev–Trinajstić information content (AvgIpc) is 2.44. The van der Waals surface area contributed by atoms with E-state index in [1.54, 1.807) is 11.3 Å². The van der Waals surface area contributed by atoms with Gasteiger partial charge in [0.1, 0.15) is 0 Å². The van der Waals surface area contributed by atoms with E-state index in [9.17, 15) is 0 Å². The van der Waals surface area contributed by atoms with Crippen molar-refractivity contribution in [1.82, 2.24) is 4.57 Å². The van der Waals surface area contributed by atoms with Gasteiger partial charge in [-0.25, -0.2) is 0 Å². The van der Waals surface area contributed by atoms with Gasteiger partial charge in [-0.3, -0.25) is 4.99 Å². The van der Waals surface area contributed by atoms with Gasteiger partial charge < -0.3 is 4.57 Å². The van der Waals surface area contributed by atoms with Crippen molar-refractivity contribution < 1.29 is 0 Å². The lowest BCUT2D eigenvalue weighted by Crippen LogP contribution is -2.08. The molecule has 0 aliphatic rings. The highest BCUT2D eigenvalue weighted by Gasteiger charge is 1.98. The molecule has 0 aliphatic carbocycles. The molecule has 2 rings (SSSR count). The molecule has 62 valence electrons. The van der Waals surface area contributed by atoms with E-state index < -0.39 is 0 Å². The number of hydrogen-bond donors (Lipinski definition) is 0. The quantitative estimate of drug-likeness (QED) is 0.585. The predicted octanol–water partition coefficient (Wildman–Crippen LogP) is 1.77. The van der Waals surface area contributed by atoms with E-state index in [0.29, 0.717) is 0 Å². The molecule has 12 heavy (non-hydrogen) atoms. The lowest BCUT2D eigenvalue weighted by atomic mass is 10.3. The molecule has 0 atom stereocenters. The van der Waals surface area contributed by atoms with E-state index in [2.05, 4.69) is 33.8 Å². The zero-order valence-corrected chi connectivity index (χ0v) is 7.93. The number of aromatic nitrogens is 1. The van der Waals surface area contributed by atoms with Gasteiger partial charge in [0.05, 0.1) is 10.2 Å². The number of benzene rings is 1. The minimum absolute atomic E-state index is 1.07. The second kappa shape index (κ2) is 2.75. The first-order valence-electron chi connectivity index (χ1n) is 3.80. The van der Waals surface area contributed by atoms with Crippen molar-refractivity contribution in [2.75, 3.05) is 7.05 Å². The molecule has 1 heterocycles. The van der Waals surface area contributed by atoms with Gasteiger partial charge in [-0.05, 0) is 12.1 Å². The molecule has 0 spiro atoms. The Morgan fingerprint density at radius 1 is 1.33 bits per heavy atom. The first kappa shape index (κ1) is 7.55. The van der Waals surface area contributed by atoms with Crippen LogP contribution in [0.4, 0.5) is 0 Å². The summed E-state index contributed by atoms with van der Waals surface area (Å²) >= 11 is 1.72. The van der Waals surface area contributed by atoms with Crippen molar-refractivity contribution in [2.45, 2.75) is 0 Å². The molecule has 1 aromatic carbocycles. The molecule has 0 amide bonds. The average molecular weight is 178 g/mol. The molecular formula is C9H10N2S. The van der Waals surface area contributed by atoms with Crippen LogP contribution in [0, 0.1) is 0 Å². The Morgan fingerprint density at radius 3 is 2.75 bits per heavy atom. The second-order valence-electron chi connectivity index (χ2n) is 2.63. The Balaban J connectivity index is 2.98. The van der Waals surface area contributed by atoms with E-state index >= 15 is 0 Å². The minimum Gasteiger partial charge on any atom is -0.320 e. The lowest BCUT2D eigenvalue weighted by Gasteiger charge is -1.92. The van der Waals surface area contributed by atoms with Gasteiger partial charge in [0, 0.05) is 14.1 Å². The fourth-order valence-corrected chi connectivity index (χ4v) is 2.27. The molecule has 0 bridgehead atoms. The minimum atomic E-state index is 1.07. The lowest BCUT2D eigenvalue weighted by molar-refractivity contribution is 0.904. The molecule has 0 radical (unpaired) electrons. The Labute approximate surface area is 74.8 Å². The van der Waals surface area contributed by atoms with Gasteiger partial charge in [0.25, 0.3) is 0 Å². The van der Waals surface area contributed by atoms with Crippen LogP contribution in [-0.2, 0) is 7.05 Å². The molecule has 0 N–H and O–H groups in total. The molecule has 2 nitrogen and oxygen atoms in total. The maximum absolute atomic E-state index is 4.19. The zero-order chi connectivity index (χ0) is 8.55. The third-order valence-corrected chi connectivity index (χ3v) is 3.11. The fraction of sp³-hybridized carbons (Fsp3) is 0.222.